The fourth-order valence-corrected chi connectivity index (χ4v) is 4.27. The van der Waals surface area contributed by atoms with Gasteiger partial charge in [0.2, 0.25) is 0 Å². The molecule has 0 saturated carbocycles. The van der Waals surface area contributed by atoms with Gasteiger partial charge in [-0.2, -0.15) is 0 Å². The summed E-state index contributed by atoms with van der Waals surface area (Å²) in [5.74, 6) is -2.22. The van der Waals surface area contributed by atoms with Crippen molar-refractivity contribution in [3.05, 3.63) is 83.4 Å². The van der Waals surface area contributed by atoms with Crippen molar-refractivity contribution in [3.8, 4) is 0 Å². The van der Waals surface area contributed by atoms with E-state index in [1.54, 1.807) is 0 Å². The topological polar surface area (TPSA) is 40.5 Å². The molecule has 3 aromatic rings. The van der Waals surface area contributed by atoms with Crippen LogP contribution in [-0.2, 0) is 4.79 Å². The Bertz CT molecular complexity index is 1020. The third-order valence-electron chi connectivity index (χ3n) is 5.54. The van der Waals surface area contributed by atoms with Gasteiger partial charge in [-0.25, -0.2) is 8.78 Å². The van der Waals surface area contributed by atoms with E-state index in [0.717, 1.165) is 35.2 Å². The van der Waals surface area contributed by atoms with Crippen LogP contribution in [0.4, 0.5) is 8.78 Å². The van der Waals surface area contributed by atoms with Crippen LogP contribution in [0.1, 0.15) is 36.4 Å². The highest BCUT2D eigenvalue weighted by molar-refractivity contribution is 5.86. The van der Waals surface area contributed by atoms with Crippen molar-refractivity contribution in [1.29, 1.82) is 0 Å². The Morgan fingerprint density at radius 3 is 2.57 bits per heavy atom. The molecular weight excluding hydrogens is 360 g/mol. The van der Waals surface area contributed by atoms with Gasteiger partial charge in [0.1, 0.15) is 17.7 Å². The van der Waals surface area contributed by atoms with Gasteiger partial charge in [-0.1, -0.05) is 55.0 Å². The van der Waals surface area contributed by atoms with Gasteiger partial charge in [0, 0.05) is 11.6 Å². The largest absolute Gasteiger partial charge is 0.480 e. The normalized spacial score (nSPS) is 18.9. The quantitative estimate of drug-likeness (QED) is 0.680. The van der Waals surface area contributed by atoms with Gasteiger partial charge in [-0.15, -0.1) is 0 Å². The molecule has 144 valence electrons. The summed E-state index contributed by atoms with van der Waals surface area (Å²) < 4.78 is 28.4. The second-order valence-electron chi connectivity index (χ2n) is 7.22. The van der Waals surface area contributed by atoms with E-state index >= 15 is 0 Å². The van der Waals surface area contributed by atoms with E-state index in [4.69, 9.17) is 0 Å². The maximum Gasteiger partial charge on any atom is 0.320 e. The monoisotopic (exact) mass is 381 g/mol. The van der Waals surface area contributed by atoms with Crippen molar-refractivity contribution < 1.29 is 18.7 Å². The maximum absolute atomic E-state index is 14.9. The summed E-state index contributed by atoms with van der Waals surface area (Å²) in [4.78, 5) is 13.8. The molecule has 1 aliphatic rings. The first-order valence-corrected chi connectivity index (χ1v) is 9.47. The highest BCUT2D eigenvalue weighted by Crippen LogP contribution is 2.38. The van der Waals surface area contributed by atoms with Crippen LogP contribution in [0.15, 0.2) is 60.7 Å². The molecule has 2 unspecified atom stereocenters. The van der Waals surface area contributed by atoms with Gasteiger partial charge in [0.05, 0.1) is 6.04 Å². The maximum atomic E-state index is 14.9. The van der Waals surface area contributed by atoms with Gasteiger partial charge in [0.25, 0.3) is 0 Å². The van der Waals surface area contributed by atoms with Crippen LogP contribution in [0.3, 0.4) is 0 Å². The number of nitrogens with zero attached hydrogens (tertiary/aromatic N) is 1. The zero-order valence-electron chi connectivity index (χ0n) is 15.3. The Kier molecular flexibility index (Phi) is 5.09. The third kappa shape index (κ3) is 3.38. The molecule has 2 atom stereocenters. The highest BCUT2D eigenvalue weighted by atomic mass is 19.1. The predicted molar refractivity (Wildman–Crippen MR) is 104 cm³/mol. The molecule has 0 bridgehead atoms. The number of fused-ring (bicyclic) bond motifs is 1. The Morgan fingerprint density at radius 1 is 1.00 bits per heavy atom. The minimum absolute atomic E-state index is 0.297. The lowest BCUT2D eigenvalue weighted by atomic mass is 9.88. The number of carbonyl (C=O) groups is 1. The number of aliphatic carboxylic acids is 1. The molecule has 4 rings (SSSR count). The molecular formula is C23H21F2NO2. The number of carboxylic acids is 1. The lowest BCUT2D eigenvalue weighted by molar-refractivity contribution is -0.145. The number of hydrogen-bond donors (Lipinski definition) is 1. The van der Waals surface area contributed by atoms with Crippen LogP contribution in [-0.4, -0.2) is 28.6 Å². The number of piperidine rings is 1. The second kappa shape index (κ2) is 7.68. The fourth-order valence-electron chi connectivity index (χ4n) is 4.27. The number of hydrogen-bond acceptors (Lipinski definition) is 2. The molecule has 0 aromatic heterocycles. The minimum atomic E-state index is -0.910. The molecule has 0 aliphatic carbocycles. The highest BCUT2D eigenvalue weighted by Gasteiger charge is 2.36. The Balaban J connectivity index is 1.94. The van der Waals surface area contributed by atoms with E-state index in [1.807, 2.05) is 47.4 Å². The molecule has 3 aromatic carbocycles. The van der Waals surface area contributed by atoms with E-state index in [1.165, 1.54) is 12.1 Å². The molecule has 28 heavy (non-hydrogen) atoms. The molecule has 3 nitrogen and oxygen atoms in total. The van der Waals surface area contributed by atoms with E-state index in [0.29, 0.717) is 18.5 Å². The summed E-state index contributed by atoms with van der Waals surface area (Å²) in [6, 6.07) is 15.8. The minimum Gasteiger partial charge on any atom is -0.480 e. The van der Waals surface area contributed by atoms with Crippen LogP contribution in [0.2, 0.25) is 0 Å². The molecule has 1 saturated heterocycles. The lowest BCUT2D eigenvalue weighted by Crippen LogP contribution is -2.47. The first-order valence-electron chi connectivity index (χ1n) is 9.47. The summed E-state index contributed by atoms with van der Waals surface area (Å²) in [6.07, 6.45) is 2.18. The van der Waals surface area contributed by atoms with Gasteiger partial charge in [0.15, 0.2) is 0 Å². The summed E-state index contributed by atoms with van der Waals surface area (Å²) in [7, 11) is 0. The first kappa shape index (κ1) is 18.6. The van der Waals surface area contributed by atoms with Gasteiger partial charge in [-0.05, 0) is 41.8 Å². The number of benzene rings is 3. The fraction of sp³-hybridized carbons (Fsp3) is 0.261. The lowest BCUT2D eigenvalue weighted by Gasteiger charge is -2.40. The van der Waals surface area contributed by atoms with Crippen LogP contribution in [0.5, 0.6) is 0 Å². The summed E-state index contributed by atoms with van der Waals surface area (Å²) in [5.41, 5.74) is 1.13. The molecule has 1 N–H and O–H groups in total. The van der Waals surface area contributed by atoms with Gasteiger partial charge >= 0.3 is 5.97 Å². The van der Waals surface area contributed by atoms with Crippen LogP contribution >= 0.6 is 0 Å². The Hall–Kier alpha value is -2.79. The Labute approximate surface area is 162 Å². The van der Waals surface area contributed by atoms with E-state index in [9.17, 15) is 18.7 Å². The van der Waals surface area contributed by atoms with Crippen molar-refractivity contribution in [2.24, 2.45) is 0 Å². The third-order valence-corrected chi connectivity index (χ3v) is 5.54. The molecule has 0 radical (unpaired) electrons. The van der Waals surface area contributed by atoms with Crippen molar-refractivity contribution in [2.45, 2.75) is 31.3 Å². The number of rotatable bonds is 4. The zero-order valence-corrected chi connectivity index (χ0v) is 15.3. The van der Waals surface area contributed by atoms with Crippen LogP contribution < -0.4 is 0 Å². The zero-order chi connectivity index (χ0) is 19.7. The predicted octanol–water partition coefficient (Wildman–Crippen LogP) is 5.15. The van der Waals surface area contributed by atoms with Crippen molar-refractivity contribution in [3.63, 3.8) is 0 Å². The average molecular weight is 381 g/mol. The first-order chi connectivity index (χ1) is 13.6. The van der Waals surface area contributed by atoms with Crippen molar-refractivity contribution >= 4 is 16.7 Å². The molecule has 0 spiro atoms. The molecule has 1 fully saturated rings. The van der Waals surface area contributed by atoms with Crippen molar-refractivity contribution in [1.82, 2.24) is 4.90 Å². The van der Waals surface area contributed by atoms with Crippen LogP contribution in [0, 0.1) is 11.6 Å². The number of halogens is 2. The number of carboxylic acid groups (broad SMARTS) is 1. The molecule has 1 heterocycles. The van der Waals surface area contributed by atoms with Crippen LogP contribution in [0.25, 0.3) is 10.8 Å². The summed E-state index contributed by atoms with van der Waals surface area (Å²) >= 11 is 0. The van der Waals surface area contributed by atoms with E-state index < -0.39 is 29.7 Å². The molecule has 5 heteroatoms. The number of likely N-dealkylation sites (tertiary alicyclic amines) is 1. The second-order valence-corrected chi connectivity index (χ2v) is 7.22. The van der Waals surface area contributed by atoms with Crippen molar-refractivity contribution in [2.75, 3.05) is 6.54 Å². The smallest absolute Gasteiger partial charge is 0.320 e. The standard InChI is InChI=1S/C23H21F2NO2/c24-16-11-12-19(20(25)14-16)22(26-13-4-3-10-21(26)23(27)28)18-9-5-7-15-6-1-2-8-17(15)18/h1-2,5-9,11-12,14,21-22H,3-4,10,13H2,(H,27,28). The average Bonchev–Trinajstić information content (AvgIpc) is 2.70. The molecule has 1 aliphatic heterocycles. The summed E-state index contributed by atoms with van der Waals surface area (Å²) in [5, 5.41) is 11.7. The SMILES string of the molecule is O=C(O)C1CCCCN1C(c1ccc(F)cc1F)c1cccc2ccccc12. The van der Waals surface area contributed by atoms with E-state index in [2.05, 4.69) is 0 Å². The Morgan fingerprint density at radius 2 is 1.79 bits per heavy atom. The van der Waals surface area contributed by atoms with Gasteiger partial charge < -0.3 is 5.11 Å². The summed E-state index contributed by atoms with van der Waals surface area (Å²) in [6.45, 7) is 0.543. The van der Waals surface area contributed by atoms with E-state index in [-0.39, 0.29) is 0 Å². The van der Waals surface area contributed by atoms with Gasteiger partial charge in [-0.3, -0.25) is 9.69 Å². The molecule has 0 amide bonds.